The van der Waals surface area contributed by atoms with Crippen LogP contribution in [0.5, 0.6) is 0 Å². The third-order valence-electron chi connectivity index (χ3n) is 2.89. The lowest BCUT2D eigenvalue weighted by molar-refractivity contribution is -0.116. The Morgan fingerprint density at radius 3 is 2.61 bits per heavy atom. The number of hydrogen-bond acceptors (Lipinski definition) is 2. The molecule has 3 heteroatoms. The van der Waals surface area contributed by atoms with Gasteiger partial charge in [-0.15, -0.1) is 0 Å². The van der Waals surface area contributed by atoms with Crippen LogP contribution in [0, 0.1) is 0 Å². The van der Waals surface area contributed by atoms with E-state index in [4.69, 9.17) is 5.73 Å². The predicted molar refractivity (Wildman–Crippen MR) is 75.5 cm³/mol. The van der Waals surface area contributed by atoms with Gasteiger partial charge in [0.25, 0.3) is 0 Å². The average Bonchev–Trinajstić information content (AvgIpc) is 2.39. The molecule has 3 nitrogen and oxygen atoms in total. The normalized spacial score (nSPS) is 10.5. The van der Waals surface area contributed by atoms with Crippen molar-refractivity contribution in [1.82, 2.24) is 0 Å². The molecule has 0 unspecified atom stereocenters. The van der Waals surface area contributed by atoms with Crippen molar-refractivity contribution < 1.29 is 4.79 Å². The van der Waals surface area contributed by atoms with Crippen LogP contribution in [0.2, 0.25) is 0 Å². The first-order valence-corrected chi connectivity index (χ1v) is 6.28. The number of nitrogens with two attached hydrogens (primary N) is 1. The van der Waals surface area contributed by atoms with E-state index >= 15 is 0 Å². The van der Waals surface area contributed by atoms with Gasteiger partial charge < -0.3 is 11.1 Å². The van der Waals surface area contributed by atoms with Crippen LogP contribution in [-0.2, 0) is 4.79 Å². The third-order valence-corrected chi connectivity index (χ3v) is 2.89. The third kappa shape index (κ3) is 3.31. The first kappa shape index (κ1) is 12.6. The van der Waals surface area contributed by atoms with E-state index in [0.717, 1.165) is 23.9 Å². The molecule has 0 atom stereocenters. The van der Waals surface area contributed by atoms with Gasteiger partial charge in [-0.2, -0.15) is 0 Å². The maximum Gasteiger partial charge on any atom is 0.224 e. The van der Waals surface area contributed by atoms with E-state index < -0.39 is 0 Å². The molecule has 2 rings (SSSR count). The SMILES string of the molecule is NCCCCC(=O)Nc1ccc2ccccc2c1. The maximum absolute atomic E-state index is 11.7. The summed E-state index contributed by atoms with van der Waals surface area (Å²) in [5, 5.41) is 5.23. The highest BCUT2D eigenvalue weighted by Gasteiger charge is 2.02. The Kier molecular flexibility index (Phi) is 4.31. The molecule has 0 heterocycles. The number of carbonyl (C=O) groups excluding carboxylic acids is 1. The molecular formula is C15H18N2O. The van der Waals surface area contributed by atoms with Gasteiger partial charge in [0.15, 0.2) is 0 Å². The highest BCUT2D eigenvalue weighted by atomic mass is 16.1. The Morgan fingerprint density at radius 1 is 1.06 bits per heavy atom. The number of fused-ring (bicyclic) bond motifs is 1. The van der Waals surface area contributed by atoms with Crippen molar-refractivity contribution in [2.45, 2.75) is 19.3 Å². The molecule has 1 amide bonds. The topological polar surface area (TPSA) is 55.1 Å². The number of unbranched alkanes of at least 4 members (excludes halogenated alkanes) is 1. The van der Waals surface area contributed by atoms with Crippen molar-refractivity contribution in [3.8, 4) is 0 Å². The Hall–Kier alpha value is -1.87. The van der Waals surface area contributed by atoms with Gasteiger partial charge in [0.1, 0.15) is 0 Å². The Morgan fingerprint density at radius 2 is 1.83 bits per heavy atom. The zero-order chi connectivity index (χ0) is 12.8. The molecule has 0 aliphatic rings. The Balaban J connectivity index is 2.01. The Labute approximate surface area is 107 Å². The fraction of sp³-hybridized carbons (Fsp3) is 0.267. The second-order valence-electron chi connectivity index (χ2n) is 4.36. The minimum absolute atomic E-state index is 0.0544. The van der Waals surface area contributed by atoms with Crippen LogP contribution < -0.4 is 11.1 Å². The molecule has 0 saturated heterocycles. The van der Waals surface area contributed by atoms with Crippen LogP contribution in [0.1, 0.15) is 19.3 Å². The smallest absolute Gasteiger partial charge is 0.224 e. The van der Waals surface area contributed by atoms with E-state index in [1.54, 1.807) is 0 Å². The highest BCUT2D eigenvalue weighted by molar-refractivity contribution is 5.94. The zero-order valence-electron chi connectivity index (χ0n) is 10.4. The summed E-state index contributed by atoms with van der Waals surface area (Å²) < 4.78 is 0. The number of benzene rings is 2. The van der Waals surface area contributed by atoms with Gasteiger partial charge in [0, 0.05) is 12.1 Å². The van der Waals surface area contributed by atoms with Crippen molar-refractivity contribution in [1.29, 1.82) is 0 Å². The van der Waals surface area contributed by atoms with Crippen LogP contribution in [0.25, 0.3) is 10.8 Å². The summed E-state index contributed by atoms with van der Waals surface area (Å²) in [7, 11) is 0. The standard InChI is InChI=1S/C15H18N2O/c16-10-4-3-7-15(18)17-14-9-8-12-5-1-2-6-13(12)11-14/h1-2,5-6,8-9,11H,3-4,7,10,16H2,(H,17,18). The number of anilines is 1. The van der Waals surface area contributed by atoms with Crippen molar-refractivity contribution >= 4 is 22.4 Å². The van der Waals surface area contributed by atoms with Gasteiger partial charge in [-0.3, -0.25) is 4.79 Å². The summed E-state index contributed by atoms with van der Waals surface area (Å²) in [5.41, 5.74) is 6.25. The van der Waals surface area contributed by atoms with Gasteiger partial charge in [0.05, 0.1) is 0 Å². The van der Waals surface area contributed by atoms with Crippen LogP contribution in [0.15, 0.2) is 42.5 Å². The van der Waals surface area contributed by atoms with Crippen molar-refractivity contribution in [2.24, 2.45) is 5.73 Å². The van der Waals surface area contributed by atoms with Crippen LogP contribution in [-0.4, -0.2) is 12.5 Å². The van der Waals surface area contributed by atoms with Crippen LogP contribution >= 0.6 is 0 Å². The summed E-state index contributed by atoms with van der Waals surface area (Å²) in [6, 6.07) is 14.0. The molecule has 0 aromatic heterocycles. The molecule has 0 fully saturated rings. The second-order valence-corrected chi connectivity index (χ2v) is 4.36. The fourth-order valence-corrected chi connectivity index (χ4v) is 1.92. The van der Waals surface area contributed by atoms with E-state index in [9.17, 15) is 4.79 Å². The number of carbonyl (C=O) groups is 1. The molecule has 3 N–H and O–H groups in total. The lowest BCUT2D eigenvalue weighted by Gasteiger charge is -2.06. The van der Waals surface area contributed by atoms with E-state index in [1.165, 1.54) is 5.39 Å². The summed E-state index contributed by atoms with van der Waals surface area (Å²) in [4.78, 5) is 11.7. The molecule has 0 aliphatic carbocycles. The molecule has 0 bridgehead atoms. The summed E-state index contributed by atoms with van der Waals surface area (Å²) in [5.74, 6) is 0.0544. The summed E-state index contributed by atoms with van der Waals surface area (Å²) in [6.45, 7) is 0.642. The van der Waals surface area contributed by atoms with E-state index in [2.05, 4.69) is 11.4 Å². The monoisotopic (exact) mass is 242 g/mol. The number of hydrogen-bond donors (Lipinski definition) is 2. The fourth-order valence-electron chi connectivity index (χ4n) is 1.92. The van der Waals surface area contributed by atoms with Crippen molar-refractivity contribution in [3.05, 3.63) is 42.5 Å². The zero-order valence-corrected chi connectivity index (χ0v) is 10.4. The highest BCUT2D eigenvalue weighted by Crippen LogP contribution is 2.19. The van der Waals surface area contributed by atoms with E-state index in [1.807, 2.05) is 36.4 Å². The number of rotatable bonds is 5. The lowest BCUT2D eigenvalue weighted by atomic mass is 10.1. The first-order valence-electron chi connectivity index (χ1n) is 6.28. The maximum atomic E-state index is 11.7. The lowest BCUT2D eigenvalue weighted by Crippen LogP contribution is -2.11. The van der Waals surface area contributed by atoms with Crippen LogP contribution in [0.3, 0.4) is 0 Å². The summed E-state index contributed by atoms with van der Waals surface area (Å²) >= 11 is 0. The van der Waals surface area contributed by atoms with E-state index in [-0.39, 0.29) is 5.91 Å². The molecule has 0 radical (unpaired) electrons. The van der Waals surface area contributed by atoms with Gasteiger partial charge in [-0.1, -0.05) is 30.3 Å². The average molecular weight is 242 g/mol. The molecule has 0 aliphatic heterocycles. The predicted octanol–water partition coefficient (Wildman–Crippen LogP) is 2.91. The molecular weight excluding hydrogens is 224 g/mol. The molecule has 94 valence electrons. The van der Waals surface area contributed by atoms with Gasteiger partial charge in [-0.25, -0.2) is 0 Å². The molecule has 0 saturated carbocycles. The number of nitrogens with one attached hydrogen (secondary N) is 1. The van der Waals surface area contributed by atoms with Crippen LogP contribution in [0.4, 0.5) is 5.69 Å². The van der Waals surface area contributed by atoms with Gasteiger partial charge in [0.2, 0.25) is 5.91 Å². The molecule has 2 aromatic carbocycles. The molecule has 18 heavy (non-hydrogen) atoms. The van der Waals surface area contributed by atoms with Gasteiger partial charge in [-0.05, 0) is 42.3 Å². The van der Waals surface area contributed by atoms with Crippen molar-refractivity contribution in [3.63, 3.8) is 0 Å². The van der Waals surface area contributed by atoms with E-state index in [0.29, 0.717) is 13.0 Å². The minimum Gasteiger partial charge on any atom is -0.330 e. The summed E-state index contributed by atoms with van der Waals surface area (Å²) in [6.07, 6.45) is 2.27. The Bertz CT molecular complexity index is 537. The van der Waals surface area contributed by atoms with Gasteiger partial charge >= 0.3 is 0 Å². The van der Waals surface area contributed by atoms with Crippen molar-refractivity contribution in [2.75, 3.05) is 11.9 Å². The second kappa shape index (κ2) is 6.17. The first-order chi connectivity index (χ1) is 8.79. The molecule has 2 aromatic rings. The number of amides is 1. The molecule has 0 spiro atoms. The minimum atomic E-state index is 0.0544. The largest absolute Gasteiger partial charge is 0.330 e. The quantitative estimate of drug-likeness (QED) is 0.792.